The fourth-order valence-corrected chi connectivity index (χ4v) is 2.17. The second kappa shape index (κ2) is 4.56. The largest absolute Gasteiger partial charge is 0.410 e. The van der Waals surface area contributed by atoms with Crippen LogP contribution in [0.1, 0.15) is 31.7 Å². The number of hydrogen-bond donors (Lipinski definition) is 1. The maximum absolute atomic E-state index is 10.5. The fraction of sp³-hybridized carbons (Fsp3) is 0.778. The Hall–Kier alpha value is -1.50. The van der Waals surface area contributed by atoms with Gasteiger partial charge in [0.15, 0.2) is 0 Å². The Morgan fingerprint density at radius 2 is 2.19 bits per heavy atom. The van der Waals surface area contributed by atoms with E-state index in [1.807, 2.05) is 0 Å². The van der Waals surface area contributed by atoms with Gasteiger partial charge in [-0.25, -0.2) is 4.68 Å². The first kappa shape index (κ1) is 11.0. The molecule has 0 amide bonds. The van der Waals surface area contributed by atoms with Gasteiger partial charge in [-0.05, 0) is 43.1 Å². The Kier molecular flexibility index (Phi) is 3.14. The van der Waals surface area contributed by atoms with Gasteiger partial charge in [-0.1, -0.05) is 0 Å². The predicted octanol–water partition coefficient (Wildman–Crippen LogP) is 0.876. The summed E-state index contributed by atoms with van der Waals surface area (Å²) in [5.41, 5.74) is 5.61. The smallest absolute Gasteiger partial charge is 0.358 e. The summed E-state index contributed by atoms with van der Waals surface area (Å²) >= 11 is 0. The van der Waals surface area contributed by atoms with Crippen molar-refractivity contribution in [3.05, 3.63) is 16.3 Å². The molecule has 88 valence electrons. The predicted molar refractivity (Wildman–Crippen MR) is 56.7 cm³/mol. The molecule has 0 bridgehead atoms. The van der Waals surface area contributed by atoms with Gasteiger partial charge in [0.2, 0.25) is 0 Å². The van der Waals surface area contributed by atoms with Crippen molar-refractivity contribution in [1.82, 2.24) is 15.0 Å². The Morgan fingerprint density at radius 1 is 1.50 bits per heavy atom. The number of aromatic nitrogens is 3. The van der Waals surface area contributed by atoms with E-state index in [0.29, 0.717) is 5.92 Å². The first-order valence-electron chi connectivity index (χ1n) is 5.47. The Morgan fingerprint density at radius 3 is 2.69 bits per heavy atom. The van der Waals surface area contributed by atoms with Crippen LogP contribution < -0.4 is 5.73 Å². The molecule has 1 aromatic heterocycles. The minimum absolute atomic E-state index is 0.180. The molecule has 1 fully saturated rings. The monoisotopic (exact) mass is 225 g/mol. The summed E-state index contributed by atoms with van der Waals surface area (Å²) in [4.78, 5) is 9.95. The third kappa shape index (κ3) is 2.19. The van der Waals surface area contributed by atoms with E-state index in [2.05, 4.69) is 10.3 Å². The lowest BCUT2D eigenvalue weighted by Gasteiger charge is -2.26. The third-order valence-electron chi connectivity index (χ3n) is 3.21. The number of nitro groups is 1. The standard InChI is InChI=1S/C9H15N5O2/c10-5-7-1-3-8(4-2-7)13-6-9(11-12-13)14(15)16/h6-8H,1-5,10H2. The summed E-state index contributed by atoms with van der Waals surface area (Å²) in [6.45, 7) is 0.726. The molecule has 0 aromatic carbocycles. The van der Waals surface area contributed by atoms with Crippen molar-refractivity contribution in [2.24, 2.45) is 11.7 Å². The summed E-state index contributed by atoms with van der Waals surface area (Å²) in [5, 5.41) is 17.8. The Balaban J connectivity index is 2.00. The van der Waals surface area contributed by atoms with Gasteiger partial charge >= 0.3 is 5.82 Å². The molecule has 1 aliphatic carbocycles. The topological polar surface area (TPSA) is 99.9 Å². The lowest BCUT2D eigenvalue weighted by atomic mass is 9.86. The molecular formula is C9H15N5O2. The molecule has 7 nitrogen and oxygen atoms in total. The maximum atomic E-state index is 10.5. The van der Waals surface area contributed by atoms with Crippen molar-refractivity contribution in [3.63, 3.8) is 0 Å². The zero-order chi connectivity index (χ0) is 11.5. The van der Waals surface area contributed by atoms with Crippen LogP contribution in [0.3, 0.4) is 0 Å². The van der Waals surface area contributed by atoms with E-state index in [1.54, 1.807) is 4.68 Å². The molecule has 0 aliphatic heterocycles. The van der Waals surface area contributed by atoms with Crippen LogP contribution in [0.2, 0.25) is 0 Å². The second-order valence-corrected chi connectivity index (χ2v) is 4.22. The normalized spacial score (nSPS) is 25.6. The second-order valence-electron chi connectivity index (χ2n) is 4.22. The van der Waals surface area contributed by atoms with Gasteiger partial charge in [-0.15, -0.1) is 0 Å². The summed E-state index contributed by atoms with van der Waals surface area (Å²) in [6, 6.07) is 0.240. The van der Waals surface area contributed by atoms with Crippen LogP contribution in [0.5, 0.6) is 0 Å². The number of rotatable bonds is 3. The highest BCUT2D eigenvalue weighted by Crippen LogP contribution is 2.31. The molecule has 1 aromatic rings. The van der Waals surface area contributed by atoms with Gasteiger partial charge in [0, 0.05) is 0 Å². The van der Waals surface area contributed by atoms with Crippen molar-refractivity contribution in [2.45, 2.75) is 31.7 Å². The van der Waals surface area contributed by atoms with E-state index < -0.39 is 4.92 Å². The van der Waals surface area contributed by atoms with Crippen molar-refractivity contribution in [2.75, 3.05) is 6.54 Å². The molecular weight excluding hydrogens is 210 g/mol. The van der Waals surface area contributed by atoms with E-state index in [-0.39, 0.29) is 11.9 Å². The lowest BCUT2D eigenvalue weighted by Crippen LogP contribution is -2.23. The van der Waals surface area contributed by atoms with E-state index in [1.165, 1.54) is 6.20 Å². The highest BCUT2D eigenvalue weighted by atomic mass is 16.6. The molecule has 0 saturated heterocycles. The van der Waals surface area contributed by atoms with Crippen LogP contribution >= 0.6 is 0 Å². The van der Waals surface area contributed by atoms with Crippen LogP contribution in [0.25, 0.3) is 0 Å². The molecule has 16 heavy (non-hydrogen) atoms. The highest BCUT2D eigenvalue weighted by Gasteiger charge is 2.24. The van der Waals surface area contributed by atoms with Crippen LogP contribution in [-0.2, 0) is 0 Å². The van der Waals surface area contributed by atoms with Crippen molar-refractivity contribution < 1.29 is 4.92 Å². The fourth-order valence-electron chi connectivity index (χ4n) is 2.17. The third-order valence-corrected chi connectivity index (χ3v) is 3.21. The van der Waals surface area contributed by atoms with E-state index in [4.69, 9.17) is 5.73 Å². The lowest BCUT2D eigenvalue weighted by molar-refractivity contribution is -0.389. The number of hydrogen-bond acceptors (Lipinski definition) is 5. The molecule has 0 unspecified atom stereocenters. The van der Waals surface area contributed by atoms with Crippen molar-refractivity contribution >= 4 is 5.82 Å². The summed E-state index contributed by atoms with van der Waals surface area (Å²) in [7, 11) is 0. The number of nitrogens with two attached hydrogens (primary N) is 1. The zero-order valence-electron chi connectivity index (χ0n) is 8.95. The van der Waals surface area contributed by atoms with E-state index in [0.717, 1.165) is 32.2 Å². The average Bonchev–Trinajstić information content (AvgIpc) is 2.78. The van der Waals surface area contributed by atoms with Gasteiger partial charge in [-0.3, -0.25) is 0 Å². The van der Waals surface area contributed by atoms with E-state index >= 15 is 0 Å². The van der Waals surface area contributed by atoms with Gasteiger partial charge in [0.05, 0.1) is 11.3 Å². The minimum Gasteiger partial charge on any atom is -0.358 e. The Bertz CT molecular complexity index is 370. The first-order valence-corrected chi connectivity index (χ1v) is 5.47. The zero-order valence-corrected chi connectivity index (χ0v) is 8.95. The van der Waals surface area contributed by atoms with Crippen LogP contribution in [-0.4, -0.2) is 26.5 Å². The van der Waals surface area contributed by atoms with Crippen molar-refractivity contribution in [1.29, 1.82) is 0 Å². The molecule has 1 saturated carbocycles. The van der Waals surface area contributed by atoms with Crippen LogP contribution in [0.15, 0.2) is 6.20 Å². The summed E-state index contributed by atoms with van der Waals surface area (Å²) in [6.07, 6.45) is 5.49. The van der Waals surface area contributed by atoms with Crippen LogP contribution in [0.4, 0.5) is 5.82 Å². The van der Waals surface area contributed by atoms with Gasteiger partial charge < -0.3 is 15.8 Å². The molecule has 2 rings (SSSR count). The summed E-state index contributed by atoms with van der Waals surface area (Å²) < 4.78 is 1.62. The highest BCUT2D eigenvalue weighted by molar-refractivity contribution is 5.09. The summed E-state index contributed by atoms with van der Waals surface area (Å²) in [5.74, 6) is 0.413. The average molecular weight is 225 g/mol. The molecule has 7 heteroatoms. The first-order chi connectivity index (χ1) is 7.70. The maximum Gasteiger partial charge on any atom is 0.410 e. The molecule has 1 aliphatic rings. The van der Waals surface area contributed by atoms with Crippen LogP contribution in [0, 0.1) is 16.0 Å². The van der Waals surface area contributed by atoms with E-state index in [9.17, 15) is 10.1 Å². The SMILES string of the molecule is NCC1CCC(n2cc([N+](=O)[O-])nn2)CC1. The molecule has 0 spiro atoms. The Labute approximate surface area is 92.8 Å². The molecule has 0 atom stereocenters. The number of nitrogens with zero attached hydrogens (tertiary/aromatic N) is 4. The van der Waals surface area contributed by atoms with Gasteiger partial charge in [0.25, 0.3) is 0 Å². The van der Waals surface area contributed by atoms with Gasteiger partial charge in [0.1, 0.15) is 11.3 Å². The van der Waals surface area contributed by atoms with Gasteiger partial charge in [-0.2, -0.15) is 0 Å². The quantitative estimate of drug-likeness (QED) is 0.607. The molecule has 0 radical (unpaired) electrons. The van der Waals surface area contributed by atoms with Crippen molar-refractivity contribution in [3.8, 4) is 0 Å². The minimum atomic E-state index is -0.519. The molecule has 1 heterocycles. The molecule has 2 N–H and O–H groups in total.